The van der Waals surface area contributed by atoms with E-state index < -0.39 is 5.97 Å². The van der Waals surface area contributed by atoms with Crippen LogP contribution in [0, 0.1) is 0 Å². The number of anilines is 2. The van der Waals surface area contributed by atoms with Crippen LogP contribution in [0.2, 0.25) is 0 Å². The van der Waals surface area contributed by atoms with Gasteiger partial charge in [0, 0.05) is 11.1 Å². The van der Waals surface area contributed by atoms with Crippen LogP contribution in [0.3, 0.4) is 0 Å². The SMILES string of the molecule is Cl.O=C(O)c1ccc2c(Nc3ccccc3)ncnc2c1. The number of para-hydroxylation sites is 1. The third kappa shape index (κ3) is 3.09. The van der Waals surface area contributed by atoms with Gasteiger partial charge in [0.1, 0.15) is 12.1 Å². The fourth-order valence-electron chi connectivity index (χ4n) is 1.95. The van der Waals surface area contributed by atoms with Crippen molar-refractivity contribution in [2.45, 2.75) is 0 Å². The van der Waals surface area contributed by atoms with E-state index in [1.807, 2.05) is 30.3 Å². The molecule has 0 saturated carbocycles. The molecule has 0 aliphatic rings. The minimum atomic E-state index is -0.969. The Labute approximate surface area is 127 Å². The summed E-state index contributed by atoms with van der Waals surface area (Å²) >= 11 is 0. The molecule has 3 aromatic rings. The molecule has 0 aliphatic carbocycles. The van der Waals surface area contributed by atoms with Crippen molar-refractivity contribution in [3.8, 4) is 0 Å². The summed E-state index contributed by atoms with van der Waals surface area (Å²) in [5.41, 5.74) is 1.72. The third-order valence-corrected chi connectivity index (χ3v) is 2.92. The summed E-state index contributed by atoms with van der Waals surface area (Å²) in [6.07, 6.45) is 1.42. The number of carbonyl (C=O) groups is 1. The summed E-state index contributed by atoms with van der Waals surface area (Å²) < 4.78 is 0. The zero-order valence-electron chi connectivity index (χ0n) is 10.9. The Morgan fingerprint density at radius 1 is 1.05 bits per heavy atom. The van der Waals surface area contributed by atoms with Crippen LogP contribution in [0.15, 0.2) is 54.9 Å². The second-order valence-electron chi connectivity index (χ2n) is 4.25. The molecule has 2 N–H and O–H groups in total. The predicted octanol–water partition coefficient (Wildman–Crippen LogP) is 3.49. The number of rotatable bonds is 3. The zero-order chi connectivity index (χ0) is 13.9. The van der Waals surface area contributed by atoms with Crippen LogP contribution in [0.5, 0.6) is 0 Å². The number of nitrogens with zero attached hydrogens (tertiary/aromatic N) is 2. The number of fused-ring (bicyclic) bond motifs is 1. The summed E-state index contributed by atoms with van der Waals surface area (Å²) in [7, 11) is 0. The minimum absolute atomic E-state index is 0. The number of nitrogens with one attached hydrogen (secondary N) is 1. The van der Waals surface area contributed by atoms with Crippen molar-refractivity contribution in [1.82, 2.24) is 9.97 Å². The molecule has 6 heteroatoms. The van der Waals surface area contributed by atoms with Gasteiger partial charge in [-0.2, -0.15) is 0 Å². The van der Waals surface area contributed by atoms with Crippen LogP contribution >= 0.6 is 12.4 Å². The van der Waals surface area contributed by atoms with Crippen LogP contribution < -0.4 is 5.32 Å². The van der Waals surface area contributed by atoms with Crippen molar-refractivity contribution in [3.63, 3.8) is 0 Å². The highest BCUT2D eigenvalue weighted by molar-refractivity contribution is 5.97. The number of carboxylic acid groups (broad SMARTS) is 1. The molecule has 106 valence electrons. The van der Waals surface area contributed by atoms with E-state index in [1.54, 1.807) is 12.1 Å². The molecular formula is C15H12ClN3O2. The molecule has 2 aromatic carbocycles. The van der Waals surface area contributed by atoms with Crippen LogP contribution in [0.25, 0.3) is 10.9 Å². The molecule has 5 nitrogen and oxygen atoms in total. The fourth-order valence-corrected chi connectivity index (χ4v) is 1.95. The Hall–Kier alpha value is -2.66. The Bertz CT molecular complexity index is 778. The van der Waals surface area contributed by atoms with Gasteiger partial charge in [-0.15, -0.1) is 12.4 Å². The first-order valence-electron chi connectivity index (χ1n) is 6.04. The topological polar surface area (TPSA) is 75.1 Å². The summed E-state index contributed by atoms with van der Waals surface area (Å²) in [4.78, 5) is 19.3. The first kappa shape index (κ1) is 14.7. The van der Waals surface area contributed by atoms with Crippen molar-refractivity contribution in [2.24, 2.45) is 0 Å². The molecule has 0 radical (unpaired) electrons. The van der Waals surface area contributed by atoms with Crippen LogP contribution in [0.4, 0.5) is 11.5 Å². The quantitative estimate of drug-likeness (QED) is 0.774. The molecule has 0 amide bonds. The molecule has 1 heterocycles. The predicted molar refractivity (Wildman–Crippen MR) is 83.5 cm³/mol. The van der Waals surface area contributed by atoms with Crippen molar-refractivity contribution in [3.05, 3.63) is 60.4 Å². The van der Waals surface area contributed by atoms with Gasteiger partial charge in [-0.3, -0.25) is 0 Å². The number of carboxylic acids is 1. The van der Waals surface area contributed by atoms with Crippen molar-refractivity contribution < 1.29 is 9.90 Å². The highest BCUT2D eigenvalue weighted by atomic mass is 35.5. The van der Waals surface area contributed by atoms with Gasteiger partial charge in [-0.05, 0) is 30.3 Å². The summed E-state index contributed by atoms with van der Waals surface area (Å²) in [5, 5.41) is 13.0. The Morgan fingerprint density at radius 3 is 2.52 bits per heavy atom. The lowest BCUT2D eigenvalue weighted by molar-refractivity contribution is 0.0697. The first-order chi connectivity index (χ1) is 9.74. The molecule has 0 spiro atoms. The fraction of sp³-hybridized carbons (Fsp3) is 0. The van der Waals surface area contributed by atoms with E-state index in [1.165, 1.54) is 12.4 Å². The van der Waals surface area contributed by atoms with E-state index in [0.717, 1.165) is 11.1 Å². The second-order valence-corrected chi connectivity index (χ2v) is 4.25. The van der Waals surface area contributed by atoms with Gasteiger partial charge in [0.15, 0.2) is 0 Å². The monoisotopic (exact) mass is 301 g/mol. The second kappa shape index (κ2) is 6.19. The normalized spacial score (nSPS) is 9.90. The van der Waals surface area contributed by atoms with Crippen molar-refractivity contribution >= 4 is 40.8 Å². The van der Waals surface area contributed by atoms with Crippen LogP contribution in [-0.2, 0) is 0 Å². The average Bonchev–Trinajstić information content (AvgIpc) is 2.48. The van der Waals surface area contributed by atoms with Crippen molar-refractivity contribution in [2.75, 3.05) is 5.32 Å². The van der Waals surface area contributed by atoms with E-state index >= 15 is 0 Å². The lowest BCUT2D eigenvalue weighted by Gasteiger charge is -2.08. The van der Waals surface area contributed by atoms with E-state index in [9.17, 15) is 4.79 Å². The van der Waals surface area contributed by atoms with Gasteiger partial charge in [-0.25, -0.2) is 14.8 Å². The maximum Gasteiger partial charge on any atom is 0.335 e. The number of benzene rings is 2. The lowest BCUT2D eigenvalue weighted by Crippen LogP contribution is -1.99. The number of halogens is 1. The summed E-state index contributed by atoms with van der Waals surface area (Å²) in [6, 6.07) is 14.4. The Kier molecular flexibility index (Phi) is 4.35. The largest absolute Gasteiger partial charge is 0.478 e. The van der Waals surface area contributed by atoms with Gasteiger partial charge >= 0.3 is 5.97 Å². The van der Waals surface area contributed by atoms with Crippen LogP contribution in [0.1, 0.15) is 10.4 Å². The first-order valence-corrected chi connectivity index (χ1v) is 6.04. The molecule has 0 aliphatic heterocycles. The minimum Gasteiger partial charge on any atom is -0.478 e. The Balaban J connectivity index is 0.00000161. The smallest absolute Gasteiger partial charge is 0.335 e. The van der Waals surface area contributed by atoms with E-state index in [2.05, 4.69) is 15.3 Å². The van der Waals surface area contributed by atoms with Crippen molar-refractivity contribution in [1.29, 1.82) is 0 Å². The maximum absolute atomic E-state index is 11.0. The van der Waals surface area contributed by atoms with E-state index in [4.69, 9.17) is 5.11 Å². The standard InChI is InChI=1S/C15H11N3O2.ClH/c19-15(20)10-6-7-12-13(8-10)16-9-17-14(12)18-11-4-2-1-3-5-11;/h1-9H,(H,19,20)(H,16,17,18);1H. The van der Waals surface area contributed by atoms with Gasteiger partial charge in [0.05, 0.1) is 11.1 Å². The maximum atomic E-state index is 11.0. The molecule has 21 heavy (non-hydrogen) atoms. The molecule has 0 atom stereocenters. The van der Waals surface area contributed by atoms with E-state index in [0.29, 0.717) is 11.3 Å². The Morgan fingerprint density at radius 2 is 1.81 bits per heavy atom. The average molecular weight is 302 g/mol. The van der Waals surface area contributed by atoms with Crippen LogP contribution in [-0.4, -0.2) is 21.0 Å². The third-order valence-electron chi connectivity index (χ3n) is 2.92. The molecule has 0 fully saturated rings. The molecular weight excluding hydrogens is 290 g/mol. The highest BCUT2D eigenvalue weighted by Gasteiger charge is 2.08. The van der Waals surface area contributed by atoms with Gasteiger partial charge in [0.2, 0.25) is 0 Å². The lowest BCUT2D eigenvalue weighted by atomic mass is 10.1. The van der Waals surface area contributed by atoms with E-state index in [-0.39, 0.29) is 18.0 Å². The van der Waals surface area contributed by atoms with Gasteiger partial charge in [-0.1, -0.05) is 18.2 Å². The molecule has 0 unspecified atom stereocenters. The van der Waals surface area contributed by atoms with Gasteiger partial charge in [0.25, 0.3) is 0 Å². The zero-order valence-corrected chi connectivity index (χ0v) is 11.7. The summed E-state index contributed by atoms with van der Waals surface area (Å²) in [5.74, 6) is -0.318. The molecule has 0 saturated heterocycles. The number of hydrogen-bond donors (Lipinski definition) is 2. The molecule has 0 bridgehead atoms. The van der Waals surface area contributed by atoms with Gasteiger partial charge < -0.3 is 10.4 Å². The number of aromatic carboxylic acids is 1. The highest BCUT2D eigenvalue weighted by Crippen LogP contribution is 2.23. The summed E-state index contributed by atoms with van der Waals surface area (Å²) in [6.45, 7) is 0. The molecule has 3 rings (SSSR count). The number of hydrogen-bond acceptors (Lipinski definition) is 4. The molecule has 1 aromatic heterocycles. The number of aromatic nitrogens is 2.